The minimum Gasteiger partial charge on any atom is -0.598 e. The summed E-state index contributed by atoms with van der Waals surface area (Å²) in [4.78, 5) is 0. The lowest BCUT2D eigenvalue weighted by Gasteiger charge is -2.26. The highest BCUT2D eigenvalue weighted by Crippen LogP contribution is 2.25. The van der Waals surface area contributed by atoms with Crippen molar-refractivity contribution < 1.29 is 18.1 Å². The highest BCUT2D eigenvalue weighted by Gasteiger charge is 2.28. The molecule has 1 aromatic rings. The Hall–Kier alpha value is -0.890. The van der Waals surface area contributed by atoms with E-state index in [0.717, 1.165) is 5.56 Å². The van der Waals surface area contributed by atoms with E-state index in [1.807, 2.05) is 27.7 Å². The van der Waals surface area contributed by atoms with Crippen LogP contribution in [-0.2, 0) is 17.9 Å². The van der Waals surface area contributed by atoms with E-state index in [0.29, 0.717) is 11.3 Å². The molecule has 0 aliphatic heterocycles. The van der Waals surface area contributed by atoms with Crippen molar-refractivity contribution in [3.63, 3.8) is 0 Å². The van der Waals surface area contributed by atoms with Gasteiger partial charge in [-0.25, -0.2) is 8.78 Å². The zero-order valence-electron chi connectivity index (χ0n) is 13.4. The maximum Gasteiger partial charge on any atom is 0.272 e. The number of ether oxygens (including phenoxy) is 1. The molecule has 0 spiro atoms. The van der Waals surface area contributed by atoms with Crippen LogP contribution < -0.4 is 15.2 Å². The normalized spacial score (nSPS) is 15.0. The van der Waals surface area contributed by atoms with Crippen LogP contribution in [0.2, 0.25) is 0 Å². The van der Waals surface area contributed by atoms with Gasteiger partial charge in [-0.1, -0.05) is 6.07 Å². The highest BCUT2D eigenvalue weighted by molar-refractivity contribution is 7.90. The zero-order chi connectivity index (χ0) is 16.9. The topological polar surface area (TPSA) is 70.3 Å². The van der Waals surface area contributed by atoms with Crippen LogP contribution in [0.4, 0.5) is 8.78 Å². The summed E-state index contributed by atoms with van der Waals surface area (Å²) in [6.45, 7) is 7.06. The minimum absolute atomic E-state index is 0.158. The summed E-state index contributed by atoms with van der Waals surface area (Å²) in [6, 6.07) is 5.02. The molecular formula is C15H24F2N2O2S. The van der Waals surface area contributed by atoms with Gasteiger partial charge in [-0.05, 0) is 45.4 Å². The zero-order valence-corrected chi connectivity index (χ0v) is 14.2. The van der Waals surface area contributed by atoms with E-state index < -0.39 is 24.4 Å². The monoisotopic (exact) mass is 334 g/mol. The number of halogens is 2. The third-order valence-electron chi connectivity index (χ3n) is 3.01. The van der Waals surface area contributed by atoms with Crippen LogP contribution in [0.25, 0.3) is 0 Å². The van der Waals surface area contributed by atoms with E-state index in [9.17, 15) is 13.3 Å². The molecular weight excluding hydrogens is 310 g/mol. The van der Waals surface area contributed by atoms with Crippen LogP contribution in [0.3, 0.4) is 0 Å². The lowest BCUT2D eigenvalue weighted by atomic mass is 10.0. The summed E-state index contributed by atoms with van der Waals surface area (Å²) in [5.74, 6) is 0.357. The number of nitrogens with one attached hydrogen (secondary N) is 1. The maximum absolute atomic E-state index is 12.2. The fourth-order valence-electron chi connectivity index (χ4n) is 1.73. The van der Waals surface area contributed by atoms with Crippen LogP contribution >= 0.6 is 0 Å². The van der Waals surface area contributed by atoms with Crippen molar-refractivity contribution in [3.05, 3.63) is 29.3 Å². The van der Waals surface area contributed by atoms with Gasteiger partial charge in [0.05, 0.1) is 6.04 Å². The molecule has 0 bridgehead atoms. The number of hydrogen-bond acceptors (Lipinski definition) is 4. The van der Waals surface area contributed by atoms with E-state index in [2.05, 4.69) is 4.72 Å². The summed E-state index contributed by atoms with van der Waals surface area (Å²) >= 11 is -1.20. The summed E-state index contributed by atoms with van der Waals surface area (Å²) in [5.41, 5.74) is 7.17. The lowest BCUT2D eigenvalue weighted by molar-refractivity contribution is 0.0814. The SMILES string of the molecule is C[C@@H](N[S@+]([O-])C(C)(C)C)c1ccc(OCC(F)F)c(CN)c1. The summed E-state index contributed by atoms with van der Waals surface area (Å²) < 4.78 is 44.3. The average Bonchev–Trinajstić information content (AvgIpc) is 2.43. The Bertz CT molecular complexity index is 481. The summed E-state index contributed by atoms with van der Waals surface area (Å²) in [6.07, 6.45) is -2.53. The number of benzene rings is 1. The first kappa shape index (κ1) is 19.2. The van der Waals surface area contributed by atoms with E-state index in [4.69, 9.17) is 10.5 Å². The molecule has 0 radical (unpaired) electrons. The van der Waals surface area contributed by atoms with Crippen LogP contribution in [0.5, 0.6) is 5.75 Å². The van der Waals surface area contributed by atoms with Crippen LogP contribution in [0.1, 0.15) is 44.9 Å². The fourth-order valence-corrected chi connectivity index (χ4v) is 2.54. The van der Waals surface area contributed by atoms with Crippen molar-refractivity contribution >= 4 is 11.4 Å². The molecule has 2 atom stereocenters. The van der Waals surface area contributed by atoms with Gasteiger partial charge in [0.1, 0.15) is 17.1 Å². The van der Waals surface area contributed by atoms with E-state index >= 15 is 0 Å². The molecule has 0 aliphatic rings. The van der Waals surface area contributed by atoms with E-state index in [1.165, 1.54) is 0 Å². The molecule has 7 heteroatoms. The smallest absolute Gasteiger partial charge is 0.272 e. The second-order valence-electron chi connectivity index (χ2n) is 5.99. The van der Waals surface area contributed by atoms with Gasteiger partial charge in [0.15, 0.2) is 0 Å². The van der Waals surface area contributed by atoms with Crippen molar-refractivity contribution in [1.82, 2.24) is 4.72 Å². The molecule has 0 amide bonds. The molecule has 1 aromatic carbocycles. The van der Waals surface area contributed by atoms with Crippen LogP contribution in [0, 0.1) is 0 Å². The Labute approximate surface area is 133 Å². The first-order valence-electron chi connectivity index (χ1n) is 7.07. The number of nitrogens with two attached hydrogens (primary N) is 1. The number of hydrogen-bond donors (Lipinski definition) is 2. The first-order chi connectivity index (χ1) is 10.1. The Morgan fingerprint density at radius 2 is 2.00 bits per heavy atom. The van der Waals surface area contributed by atoms with Crippen molar-refractivity contribution in [2.24, 2.45) is 5.73 Å². The molecule has 0 heterocycles. The molecule has 4 nitrogen and oxygen atoms in total. The molecule has 0 aliphatic carbocycles. The Morgan fingerprint density at radius 1 is 1.36 bits per heavy atom. The molecule has 0 saturated carbocycles. The van der Waals surface area contributed by atoms with Gasteiger partial charge >= 0.3 is 0 Å². The molecule has 22 heavy (non-hydrogen) atoms. The van der Waals surface area contributed by atoms with Gasteiger partial charge in [-0.2, -0.15) is 0 Å². The fraction of sp³-hybridized carbons (Fsp3) is 0.600. The molecule has 0 saturated heterocycles. The van der Waals surface area contributed by atoms with E-state index in [1.54, 1.807) is 18.2 Å². The van der Waals surface area contributed by atoms with Crippen molar-refractivity contribution in [2.45, 2.75) is 51.5 Å². The van der Waals surface area contributed by atoms with Crippen molar-refractivity contribution in [2.75, 3.05) is 6.61 Å². The molecule has 0 aromatic heterocycles. The summed E-state index contributed by atoms with van der Waals surface area (Å²) in [7, 11) is 0. The largest absolute Gasteiger partial charge is 0.598 e. The third-order valence-corrected chi connectivity index (χ3v) is 4.69. The standard InChI is InChI=1S/C15H24F2N2O2S/c1-10(19-22(20)15(2,3)4)11-5-6-13(12(7-11)8-18)21-9-14(16)17/h5-7,10,14,19H,8-9,18H2,1-4H3/t10-,22-/m1/s1. The summed E-state index contributed by atoms with van der Waals surface area (Å²) in [5, 5.41) is 0. The minimum atomic E-state index is -2.53. The van der Waals surface area contributed by atoms with Gasteiger partial charge in [0.2, 0.25) is 0 Å². The first-order valence-corrected chi connectivity index (χ1v) is 8.22. The quantitative estimate of drug-likeness (QED) is 0.752. The number of rotatable bonds is 7. The average molecular weight is 334 g/mol. The van der Waals surface area contributed by atoms with Crippen molar-refractivity contribution in [1.29, 1.82) is 0 Å². The number of alkyl halides is 2. The van der Waals surface area contributed by atoms with Gasteiger partial charge in [-0.15, -0.1) is 4.72 Å². The Balaban J connectivity index is 2.83. The van der Waals surface area contributed by atoms with Gasteiger partial charge < -0.3 is 15.0 Å². The van der Waals surface area contributed by atoms with E-state index in [-0.39, 0.29) is 17.3 Å². The molecule has 126 valence electrons. The predicted molar refractivity (Wildman–Crippen MR) is 85.3 cm³/mol. The van der Waals surface area contributed by atoms with Crippen LogP contribution in [-0.4, -0.2) is 22.3 Å². The van der Waals surface area contributed by atoms with Crippen LogP contribution in [0.15, 0.2) is 18.2 Å². The van der Waals surface area contributed by atoms with Gasteiger partial charge in [0, 0.05) is 23.5 Å². The van der Waals surface area contributed by atoms with Gasteiger partial charge in [-0.3, -0.25) is 0 Å². The highest BCUT2D eigenvalue weighted by atomic mass is 32.2. The lowest BCUT2D eigenvalue weighted by Crippen LogP contribution is -2.40. The second kappa shape index (κ2) is 8.10. The van der Waals surface area contributed by atoms with Crippen molar-refractivity contribution in [3.8, 4) is 5.75 Å². The Kier molecular flexibility index (Phi) is 7.05. The molecule has 0 fully saturated rings. The third kappa shape index (κ3) is 5.72. The second-order valence-corrected chi connectivity index (χ2v) is 7.99. The predicted octanol–water partition coefficient (Wildman–Crippen LogP) is 2.90. The maximum atomic E-state index is 12.2. The molecule has 3 N–H and O–H groups in total. The molecule has 0 unspecified atom stereocenters. The van der Waals surface area contributed by atoms with Gasteiger partial charge in [0.25, 0.3) is 6.43 Å². The molecule has 1 rings (SSSR count). The Morgan fingerprint density at radius 3 is 2.50 bits per heavy atom.